The third-order valence-corrected chi connectivity index (χ3v) is 7.84. The number of amides is 2. The van der Waals surface area contributed by atoms with Gasteiger partial charge in [0.25, 0.3) is 0 Å². The van der Waals surface area contributed by atoms with E-state index in [0.717, 1.165) is 53.2 Å². The lowest BCUT2D eigenvalue weighted by molar-refractivity contribution is 0.224. The van der Waals surface area contributed by atoms with Gasteiger partial charge in [-0.3, -0.25) is 10.2 Å². The highest BCUT2D eigenvalue weighted by Crippen LogP contribution is 2.32. The number of nitrogens with zero attached hydrogens (tertiary/aromatic N) is 3. The predicted molar refractivity (Wildman–Crippen MR) is 163 cm³/mol. The van der Waals surface area contributed by atoms with E-state index in [1.165, 1.54) is 17.1 Å². The molecule has 2 N–H and O–H groups in total. The van der Waals surface area contributed by atoms with Gasteiger partial charge in [-0.15, -0.1) is 0 Å². The quantitative estimate of drug-likeness (QED) is 0.271. The van der Waals surface area contributed by atoms with Crippen LogP contribution in [0.3, 0.4) is 0 Å². The first-order valence-electron chi connectivity index (χ1n) is 13.5. The fourth-order valence-corrected chi connectivity index (χ4v) is 5.58. The van der Waals surface area contributed by atoms with Gasteiger partial charge < -0.3 is 10.1 Å². The summed E-state index contributed by atoms with van der Waals surface area (Å²) in [5, 5.41) is 12.8. The third kappa shape index (κ3) is 6.57. The van der Waals surface area contributed by atoms with Gasteiger partial charge >= 0.3 is 6.03 Å². The molecule has 1 aromatic heterocycles. The molecule has 204 valence electrons. The smallest absolute Gasteiger partial charge is 0.324 e. The van der Waals surface area contributed by atoms with Gasteiger partial charge in [0.15, 0.2) is 0 Å². The minimum Gasteiger partial charge on any atom is -0.492 e. The van der Waals surface area contributed by atoms with Crippen molar-refractivity contribution in [2.75, 3.05) is 48.4 Å². The summed E-state index contributed by atoms with van der Waals surface area (Å²) in [5.41, 5.74) is 3.51. The Morgan fingerprint density at radius 3 is 2.41 bits per heavy atom. The summed E-state index contributed by atoms with van der Waals surface area (Å²) in [6.45, 7) is 12.2. The lowest BCUT2D eigenvalue weighted by atomic mass is 9.92. The second-order valence-electron chi connectivity index (χ2n) is 11.0. The SMILES string of the molecule is Cc1ccc(-n2nc(C(C)(C)C)cc2NC(=O)Nc2ccc(OCCN3CCSCC3)c3ccccc23)cc1. The fourth-order valence-electron chi connectivity index (χ4n) is 4.61. The minimum atomic E-state index is -0.328. The molecule has 2 heterocycles. The summed E-state index contributed by atoms with van der Waals surface area (Å²) in [5.74, 6) is 3.82. The zero-order valence-electron chi connectivity index (χ0n) is 23.2. The number of carbonyl (C=O) groups excluding carboxylic acids is 1. The molecule has 1 aliphatic rings. The number of benzene rings is 3. The summed E-state index contributed by atoms with van der Waals surface area (Å²) in [6.07, 6.45) is 0. The van der Waals surface area contributed by atoms with Crippen molar-refractivity contribution in [3.05, 3.63) is 78.0 Å². The van der Waals surface area contributed by atoms with Crippen LogP contribution >= 0.6 is 11.8 Å². The number of nitrogens with one attached hydrogen (secondary N) is 2. The average Bonchev–Trinajstić information content (AvgIpc) is 3.35. The van der Waals surface area contributed by atoms with Crippen LogP contribution < -0.4 is 15.4 Å². The largest absolute Gasteiger partial charge is 0.492 e. The molecule has 5 rings (SSSR count). The number of hydrogen-bond acceptors (Lipinski definition) is 5. The Bertz CT molecular complexity index is 1440. The van der Waals surface area contributed by atoms with Crippen molar-refractivity contribution in [3.8, 4) is 11.4 Å². The van der Waals surface area contributed by atoms with Crippen molar-refractivity contribution in [2.24, 2.45) is 0 Å². The second kappa shape index (κ2) is 11.7. The van der Waals surface area contributed by atoms with Crippen molar-refractivity contribution in [1.29, 1.82) is 0 Å². The van der Waals surface area contributed by atoms with Crippen molar-refractivity contribution in [2.45, 2.75) is 33.1 Å². The number of aromatic nitrogens is 2. The number of rotatable bonds is 7. The summed E-state index contributed by atoms with van der Waals surface area (Å²) in [6, 6.07) is 21.6. The molecular weight excluding hydrogens is 506 g/mol. The topological polar surface area (TPSA) is 71.4 Å². The van der Waals surface area contributed by atoms with Gasteiger partial charge in [-0.05, 0) is 31.2 Å². The molecule has 0 atom stereocenters. The molecule has 0 saturated carbocycles. The van der Waals surface area contributed by atoms with E-state index in [1.54, 1.807) is 4.68 Å². The Morgan fingerprint density at radius 1 is 0.974 bits per heavy atom. The normalized spacial score (nSPS) is 14.4. The number of ether oxygens (including phenoxy) is 1. The molecule has 0 bridgehead atoms. The van der Waals surface area contributed by atoms with E-state index in [1.807, 2.05) is 78.5 Å². The van der Waals surface area contributed by atoms with Crippen LogP contribution in [0.2, 0.25) is 0 Å². The summed E-state index contributed by atoms with van der Waals surface area (Å²) in [4.78, 5) is 15.7. The highest BCUT2D eigenvalue weighted by Gasteiger charge is 2.22. The highest BCUT2D eigenvalue weighted by atomic mass is 32.2. The third-order valence-electron chi connectivity index (χ3n) is 6.90. The molecule has 0 unspecified atom stereocenters. The van der Waals surface area contributed by atoms with Gasteiger partial charge in [-0.2, -0.15) is 16.9 Å². The van der Waals surface area contributed by atoms with Crippen LogP contribution in [0.5, 0.6) is 5.75 Å². The summed E-state index contributed by atoms with van der Waals surface area (Å²) < 4.78 is 7.98. The van der Waals surface area contributed by atoms with E-state index in [4.69, 9.17) is 9.84 Å². The Hall–Kier alpha value is -3.49. The van der Waals surface area contributed by atoms with E-state index in [9.17, 15) is 4.79 Å². The maximum atomic E-state index is 13.3. The number of fused-ring (bicyclic) bond motifs is 1. The summed E-state index contributed by atoms with van der Waals surface area (Å²) in [7, 11) is 0. The molecule has 0 spiro atoms. The first-order chi connectivity index (χ1) is 18.8. The lowest BCUT2D eigenvalue weighted by Crippen LogP contribution is -2.35. The molecule has 39 heavy (non-hydrogen) atoms. The molecule has 0 aliphatic carbocycles. The molecule has 1 fully saturated rings. The molecule has 1 aliphatic heterocycles. The van der Waals surface area contributed by atoms with Gasteiger partial charge in [0.1, 0.15) is 18.2 Å². The monoisotopic (exact) mass is 543 g/mol. The maximum absolute atomic E-state index is 13.3. The van der Waals surface area contributed by atoms with Crippen molar-refractivity contribution in [1.82, 2.24) is 14.7 Å². The Balaban J connectivity index is 1.33. The molecular formula is C31H37N5O2S. The van der Waals surface area contributed by atoms with Gasteiger partial charge in [0, 0.05) is 53.4 Å². The van der Waals surface area contributed by atoms with Gasteiger partial charge in [0.05, 0.1) is 17.1 Å². The lowest BCUT2D eigenvalue weighted by Gasteiger charge is -2.26. The summed E-state index contributed by atoms with van der Waals surface area (Å²) >= 11 is 2.01. The van der Waals surface area contributed by atoms with Gasteiger partial charge in [-0.1, -0.05) is 62.7 Å². The van der Waals surface area contributed by atoms with Gasteiger partial charge in [-0.25, -0.2) is 9.48 Å². The average molecular weight is 544 g/mol. The van der Waals surface area contributed by atoms with Crippen molar-refractivity contribution < 1.29 is 9.53 Å². The van der Waals surface area contributed by atoms with Crippen LogP contribution in [0.25, 0.3) is 16.5 Å². The van der Waals surface area contributed by atoms with E-state index in [-0.39, 0.29) is 11.4 Å². The number of urea groups is 1. The van der Waals surface area contributed by atoms with Crippen LogP contribution in [-0.2, 0) is 5.41 Å². The molecule has 3 aromatic carbocycles. The fraction of sp³-hybridized carbons (Fsp3) is 0.355. The Morgan fingerprint density at radius 2 is 1.69 bits per heavy atom. The number of hydrogen-bond donors (Lipinski definition) is 2. The van der Waals surface area contributed by atoms with Crippen LogP contribution in [0.15, 0.2) is 66.7 Å². The highest BCUT2D eigenvalue weighted by molar-refractivity contribution is 7.99. The first-order valence-corrected chi connectivity index (χ1v) is 14.6. The predicted octanol–water partition coefficient (Wildman–Crippen LogP) is 6.70. The van der Waals surface area contributed by atoms with Crippen LogP contribution in [0.4, 0.5) is 16.3 Å². The van der Waals surface area contributed by atoms with Crippen LogP contribution in [-0.4, -0.2) is 58.5 Å². The molecule has 4 aromatic rings. The molecule has 2 amide bonds. The van der Waals surface area contributed by atoms with Crippen molar-refractivity contribution >= 4 is 40.1 Å². The number of thioether (sulfide) groups is 1. The number of aryl methyl sites for hydroxylation is 1. The number of anilines is 2. The van der Waals surface area contributed by atoms with Crippen LogP contribution in [0.1, 0.15) is 32.0 Å². The van der Waals surface area contributed by atoms with Gasteiger partial charge in [0.2, 0.25) is 0 Å². The molecule has 7 nitrogen and oxygen atoms in total. The Labute approximate surface area is 234 Å². The van der Waals surface area contributed by atoms with Crippen LogP contribution in [0, 0.1) is 6.92 Å². The maximum Gasteiger partial charge on any atom is 0.324 e. The first kappa shape index (κ1) is 27.1. The zero-order chi connectivity index (χ0) is 27.4. The van der Waals surface area contributed by atoms with E-state index in [0.29, 0.717) is 12.4 Å². The molecule has 1 saturated heterocycles. The second-order valence-corrected chi connectivity index (χ2v) is 12.2. The van der Waals surface area contributed by atoms with E-state index in [2.05, 4.69) is 43.2 Å². The van der Waals surface area contributed by atoms with E-state index >= 15 is 0 Å². The zero-order valence-corrected chi connectivity index (χ0v) is 24.0. The minimum absolute atomic E-state index is 0.165. The molecule has 8 heteroatoms. The van der Waals surface area contributed by atoms with E-state index < -0.39 is 0 Å². The standard InChI is InChI=1S/C31H37N5O2S/c1-22-9-11-23(12-10-22)36-29(21-28(34-36)31(2,3)4)33-30(37)32-26-13-14-27(25-8-6-5-7-24(25)26)38-18-15-35-16-19-39-20-17-35/h5-14,21H,15-20H2,1-4H3,(H2,32,33,37). The Kier molecular flexibility index (Phi) is 8.14. The van der Waals surface area contributed by atoms with Crippen molar-refractivity contribution in [3.63, 3.8) is 0 Å². The number of carbonyl (C=O) groups is 1. The molecule has 0 radical (unpaired) electrons.